The van der Waals surface area contributed by atoms with E-state index < -0.39 is 10.0 Å². The molecular formula is C14H21BrN2O3S. The van der Waals surface area contributed by atoms with Gasteiger partial charge >= 0.3 is 0 Å². The Morgan fingerprint density at radius 2 is 1.67 bits per heavy atom. The van der Waals surface area contributed by atoms with Crippen molar-refractivity contribution in [1.29, 1.82) is 0 Å². The maximum atomic E-state index is 12.0. The van der Waals surface area contributed by atoms with E-state index in [0.29, 0.717) is 18.8 Å². The molecule has 0 aliphatic rings. The lowest BCUT2D eigenvalue weighted by Crippen LogP contribution is -2.36. The van der Waals surface area contributed by atoms with Crippen molar-refractivity contribution in [2.24, 2.45) is 0 Å². The van der Waals surface area contributed by atoms with Gasteiger partial charge in [-0.3, -0.25) is 9.10 Å². The topological polar surface area (TPSA) is 57.7 Å². The van der Waals surface area contributed by atoms with Gasteiger partial charge in [-0.1, -0.05) is 15.9 Å². The third-order valence-electron chi connectivity index (χ3n) is 3.16. The summed E-state index contributed by atoms with van der Waals surface area (Å²) in [6.45, 7) is 5.23. The lowest BCUT2D eigenvalue weighted by Gasteiger charge is -2.24. The molecule has 0 N–H and O–H groups in total. The Labute approximate surface area is 135 Å². The second kappa shape index (κ2) is 7.79. The molecular weight excluding hydrogens is 356 g/mol. The summed E-state index contributed by atoms with van der Waals surface area (Å²) in [5.74, 6) is -0.0363. The van der Waals surface area contributed by atoms with Crippen LogP contribution in [0.25, 0.3) is 0 Å². The lowest BCUT2D eigenvalue weighted by molar-refractivity contribution is -0.130. The van der Waals surface area contributed by atoms with E-state index in [4.69, 9.17) is 0 Å². The monoisotopic (exact) mass is 376 g/mol. The normalized spacial score (nSPS) is 11.2. The molecule has 0 fully saturated rings. The maximum Gasteiger partial charge on any atom is 0.232 e. The van der Waals surface area contributed by atoms with Crippen molar-refractivity contribution in [3.63, 3.8) is 0 Å². The minimum Gasteiger partial charge on any atom is -0.343 e. The Balaban J connectivity index is 2.86. The van der Waals surface area contributed by atoms with Crippen LogP contribution >= 0.6 is 15.9 Å². The Hall–Kier alpha value is -1.08. The van der Waals surface area contributed by atoms with Crippen LogP contribution in [-0.2, 0) is 14.8 Å². The fraction of sp³-hybridized carbons (Fsp3) is 0.500. The highest BCUT2D eigenvalue weighted by atomic mass is 79.9. The summed E-state index contributed by atoms with van der Waals surface area (Å²) in [6.07, 6.45) is 1.32. The first-order valence-corrected chi connectivity index (χ1v) is 9.44. The molecule has 0 radical (unpaired) electrons. The number of carbonyl (C=O) groups is 1. The Morgan fingerprint density at radius 1 is 1.14 bits per heavy atom. The van der Waals surface area contributed by atoms with Crippen LogP contribution < -0.4 is 4.31 Å². The molecule has 0 bridgehead atoms. The predicted octanol–water partition coefficient (Wildman–Crippen LogP) is 2.47. The first kappa shape index (κ1) is 18.0. The third kappa shape index (κ3) is 5.32. The quantitative estimate of drug-likeness (QED) is 0.734. The van der Waals surface area contributed by atoms with E-state index >= 15 is 0 Å². The number of benzene rings is 1. The molecule has 0 aromatic heterocycles. The van der Waals surface area contributed by atoms with Crippen molar-refractivity contribution in [2.45, 2.75) is 20.3 Å². The molecule has 21 heavy (non-hydrogen) atoms. The van der Waals surface area contributed by atoms with Gasteiger partial charge in [0.05, 0.1) is 11.9 Å². The van der Waals surface area contributed by atoms with Crippen LogP contribution in [0.15, 0.2) is 28.7 Å². The number of amides is 1. The summed E-state index contributed by atoms with van der Waals surface area (Å²) in [5.41, 5.74) is 0.563. The molecule has 0 unspecified atom stereocenters. The van der Waals surface area contributed by atoms with Gasteiger partial charge in [-0.05, 0) is 38.1 Å². The molecule has 0 aliphatic carbocycles. The molecule has 1 aromatic carbocycles. The average molecular weight is 377 g/mol. The van der Waals surface area contributed by atoms with Crippen LogP contribution in [0.5, 0.6) is 0 Å². The molecule has 1 rings (SSSR count). The number of halogens is 1. The summed E-state index contributed by atoms with van der Waals surface area (Å²) in [7, 11) is -3.42. The minimum absolute atomic E-state index is 0.0363. The molecule has 7 heteroatoms. The van der Waals surface area contributed by atoms with Crippen LogP contribution in [0.1, 0.15) is 20.3 Å². The molecule has 1 aromatic rings. The standard InChI is InChI=1S/C14H21BrN2O3S/c1-4-16(5-2)14(18)10-11-17(21(3,19)20)13-8-6-12(15)7-9-13/h6-9H,4-5,10-11H2,1-3H3. The number of carbonyl (C=O) groups excluding carboxylic acids is 1. The van der Waals surface area contributed by atoms with Gasteiger partial charge in [-0.15, -0.1) is 0 Å². The summed E-state index contributed by atoms with van der Waals surface area (Å²) < 4.78 is 26.0. The number of hydrogen-bond donors (Lipinski definition) is 0. The smallest absolute Gasteiger partial charge is 0.232 e. The highest BCUT2D eigenvalue weighted by Gasteiger charge is 2.19. The van der Waals surface area contributed by atoms with Crippen molar-refractivity contribution >= 4 is 37.5 Å². The van der Waals surface area contributed by atoms with E-state index in [-0.39, 0.29) is 18.9 Å². The van der Waals surface area contributed by atoms with Gasteiger partial charge in [-0.2, -0.15) is 0 Å². The fourth-order valence-electron chi connectivity index (χ4n) is 2.03. The van der Waals surface area contributed by atoms with Gasteiger partial charge in [0.15, 0.2) is 0 Å². The summed E-state index contributed by atoms with van der Waals surface area (Å²) in [4.78, 5) is 13.7. The zero-order chi connectivity index (χ0) is 16.0. The van der Waals surface area contributed by atoms with E-state index in [0.717, 1.165) is 10.7 Å². The van der Waals surface area contributed by atoms with Gasteiger partial charge in [0.25, 0.3) is 0 Å². The SMILES string of the molecule is CCN(CC)C(=O)CCN(c1ccc(Br)cc1)S(C)(=O)=O. The van der Waals surface area contributed by atoms with Crippen molar-refractivity contribution in [2.75, 3.05) is 30.2 Å². The number of rotatable bonds is 7. The molecule has 0 spiro atoms. The second-order valence-corrected chi connectivity index (χ2v) is 7.45. The molecule has 118 valence electrons. The van der Waals surface area contributed by atoms with Gasteiger partial charge in [-0.25, -0.2) is 8.42 Å². The van der Waals surface area contributed by atoms with Gasteiger partial charge in [0.1, 0.15) is 0 Å². The molecule has 0 aliphatic heterocycles. The average Bonchev–Trinajstić information content (AvgIpc) is 2.41. The predicted molar refractivity (Wildman–Crippen MR) is 88.9 cm³/mol. The number of sulfonamides is 1. The third-order valence-corrected chi connectivity index (χ3v) is 4.88. The number of anilines is 1. The van der Waals surface area contributed by atoms with Crippen molar-refractivity contribution in [3.8, 4) is 0 Å². The zero-order valence-corrected chi connectivity index (χ0v) is 14.9. The number of nitrogens with zero attached hydrogens (tertiary/aromatic N) is 2. The van der Waals surface area contributed by atoms with Crippen LogP contribution in [0, 0.1) is 0 Å². The first-order chi connectivity index (χ1) is 9.79. The Kier molecular flexibility index (Phi) is 6.67. The van der Waals surface area contributed by atoms with Crippen molar-refractivity contribution in [3.05, 3.63) is 28.7 Å². The van der Waals surface area contributed by atoms with E-state index in [2.05, 4.69) is 15.9 Å². The molecule has 5 nitrogen and oxygen atoms in total. The lowest BCUT2D eigenvalue weighted by atomic mass is 10.3. The maximum absolute atomic E-state index is 12.0. The minimum atomic E-state index is -3.42. The van der Waals surface area contributed by atoms with Crippen molar-refractivity contribution < 1.29 is 13.2 Å². The summed E-state index contributed by atoms with van der Waals surface area (Å²) in [5, 5.41) is 0. The largest absolute Gasteiger partial charge is 0.343 e. The first-order valence-electron chi connectivity index (χ1n) is 6.80. The molecule has 0 heterocycles. The second-order valence-electron chi connectivity index (χ2n) is 4.63. The summed E-state index contributed by atoms with van der Waals surface area (Å²) >= 11 is 3.32. The van der Waals surface area contributed by atoms with Crippen LogP contribution in [0.3, 0.4) is 0 Å². The zero-order valence-electron chi connectivity index (χ0n) is 12.5. The van der Waals surface area contributed by atoms with E-state index in [1.54, 1.807) is 29.2 Å². The van der Waals surface area contributed by atoms with Gasteiger partial charge in [0, 0.05) is 30.5 Å². The number of hydrogen-bond acceptors (Lipinski definition) is 3. The van der Waals surface area contributed by atoms with Gasteiger partial charge in [0.2, 0.25) is 15.9 Å². The highest BCUT2D eigenvalue weighted by Crippen LogP contribution is 2.21. The molecule has 0 saturated heterocycles. The van der Waals surface area contributed by atoms with Gasteiger partial charge < -0.3 is 4.90 Å². The van der Waals surface area contributed by atoms with E-state index in [1.807, 2.05) is 13.8 Å². The molecule has 0 atom stereocenters. The van der Waals surface area contributed by atoms with E-state index in [9.17, 15) is 13.2 Å². The Morgan fingerprint density at radius 3 is 2.10 bits per heavy atom. The highest BCUT2D eigenvalue weighted by molar-refractivity contribution is 9.10. The summed E-state index contributed by atoms with van der Waals surface area (Å²) in [6, 6.07) is 6.99. The van der Waals surface area contributed by atoms with Crippen LogP contribution in [0.4, 0.5) is 5.69 Å². The Bertz CT molecular complexity index is 568. The van der Waals surface area contributed by atoms with Crippen LogP contribution in [0.2, 0.25) is 0 Å². The van der Waals surface area contributed by atoms with E-state index in [1.165, 1.54) is 4.31 Å². The van der Waals surface area contributed by atoms with Crippen molar-refractivity contribution in [1.82, 2.24) is 4.90 Å². The van der Waals surface area contributed by atoms with Crippen LogP contribution in [-0.4, -0.2) is 45.1 Å². The fourth-order valence-corrected chi connectivity index (χ4v) is 3.22. The molecule has 1 amide bonds. The molecule has 0 saturated carbocycles.